The maximum Gasteiger partial charge on any atom is 0.260 e. The number of hydrogen-bond donors (Lipinski definition) is 2. The summed E-state index contributed by atoms with van der Waals surface area (Å²) in [4.78, 5) is 13.9. The maximum atomic E-state index is 13.3. The van der Waals surface area contributed by atoms with Crippen molar-refractivity contribution < 1.29 is 14.3 Å². The summed E-state index contributed by atoms with van der Waals surface area (Å²) < 4.78 is 13.3. The Kier molecular flexibility index (Phi) is 3.89. The van der Waals surface area contributed by atoms with E-state index >= 15 is 0 Å². The maximum absolute atomic E-state index is 13.3. The van der Waals surface area contributed by atoms with E-state index in [0.717, 1.165) is 0 Å². The normalized spacial score (nSPS) is 10.3. The second kappa shape index (κ2) is 5.61. The Bertz CT molecular complexity index is 644. The summed E-state index contributed by atoms with van der Waals surface area (Å²) in [5.74, 6) is -0.845. The van der Waals surface area contributed by atoms with Gasteiger partial charge in [-0.15, -0.1) is 0 Å². The summed E-state index contributed by atoms with van der Waals surface area (Å²) in [6.45, 7) is 2.14. The van der Waals surface area contributed by atoms with Crippen LogP contribution < -0.4 is 10.6 Å². The van der Waals surface area contributed by atoms with Crippen LogP contribution in [-0.4, -0.2) is 17.6 Å². The first-order valence-electron chi connectivity index (χ1n) is 6.19. The fourth-order valence-corrected chi connectivity index (χ4v) is 1.96. The fourth-order valence-electron chi connectivity index (χ4n) is 1.96. The van der Waals surface area contributed by atoms with Crippen LogP contribution >= 0.6 is 0 Å². The van der Waals surface area contributed by atoms with E-state index in [1.165, 1.54) is 41.3 Å². The van der Waals surface area contributed by atoms with Gasteiger partial charge in [0, 0.05) is 17.9 Å². The molecule has 2 aromatic carbocycles. The van der Waals surface area contributed by atoms with Crippen molar-refractivity contribution in [2.45, 2.75) is 6.92 Å². The largest absolute Gasteiger partial charge is 0.508 e. The molecular weight excluding hydrogens is 259 g/mol. The number of rotatable bonds is 3. The van der Waals surface area contributed by atoms with Crippen molar-refractivity contribution in [3.05, 3.63) is 53.8 Å². The van der Waals surface area contributed by atoms with E-state index in [-0.39, 0.29) is 22.9 Å². The molecule has 5 heteroatoms. The van der Waals surface area contributed by atoms with Crippen LogP contribution in [0.25, 0.3) is 0 Å². The van der Waals surface area contributed by atoms with Crippen molar-refractivity contribution in [3.8, 4) is 5.75 Å². The molecule has 20 heavy (non-hydrogen) atoms. The molecule has 0 saturated heterocycles. The lowest BCUT2D eigenvalue weighted by Gasteiger charge is -2.22. The molecule has 0 saturated carbocycles. The zero-order chi connectivity index (χ0) is 14.7. The molecule has 104 valence electrons. The number of phenols is 1. The number of phenolic OH excluding ortho intramolecular Hbond substituents is 1. The van der Waals surface area contributed by atoms with E-state index < -0.39 is 5.82 Å². The molecule has 0 aliphatic heterocycles. The van der Waals surface area contributed by atoms with Gasteiger partial charge in [-0.05, 0) is 43.3 Å². The monoisotopic (exact) mass is 274 g/mol. The highest BCUT2D eigenvalue weighted by Crippen LogP contribution is 2.23. The summed E-state index contributed by atoms with van der Waals surface area (Å²) in [6, 6.07) is 9.94. The Hall–Kier alpha value is -2.56. The number of amides is 1. The quantitative estimate of drug-likeness (QED) is 0.668. The van der Waals surface area contributed by atoms with Crippen molar-refractivity contribution in [2.75, 3.05) is 17.2 Å². The van der Waals surface area contributed by atoms with E-state index in [2.05, 4.69) is 0 Å². The van der Waals surface area contributed by atoms with Crippen molar-refractivity contribution in [2.24, 2.45) is 0 Å². The molecule has 2 aromatic rings. The molecule has 0 bridgehead atoms. The Morgan fingerprint density at radius 2 is 2.05 bits per heavy atom. The van der Waals surface area contributed by atoms with Gasteiger partial charge in [-0.25, -0.2) is 4.39 Å². The third kappa shape index (κ3) is 2.71. The predicted octanol–water partition coefficient (Wildman–Crippen LogP) is 2.78. The lowest BCUT2D eigenvalue weighted by Crippen LogP contribution is -2.31. The summed E-state index contributed by atoms with van der Waals surface area (Å²) in [6.07, 6.45) is 0. The lowest BCUT2D eigenvalue weighted by molar-refractivity contribution is 0.0989. The second-order valence-corrected chi connectivity index (χ2v) is 4.30. The Morgan fingerprint density at radius 3 is 2.70 bits per heavy atom. The summed E-state index contributed by atoms with van der Waals surface area (Å²) in [7, 11) is 0. The van der Waals surface area contributed by atoms with E-state index in [4.69, 9.17) is 5.73 Å². The molecule has 0 radical (unpaired) electrons. The third-order valence-electron chi connectivity index (χ3n) is 2.95. The van der Waals surface area contributed by atoms with Gasteiger partial charge in [-0.2, -0.15) is 0 Å². The predicted molar refractivity (Wildman–Crippen MR) is 76.3 cm³/mol. The highest BCUT2D eigenvalue weighted by molar-refractivity contribution is 6.09. The SMILES string of the molecule is CCN(C(=O)c1cc(O)ccc1N)c1cccc(F)c1. The number of halogens is 1. The van der Waals surface area contributed by atoms with Crippen molar-refractivity contribution in [1.82, 2.24) is 0 Å². The molecule has 0 spiro atoms. The Morgan fingerprint density at radius 1 is 1.30 bits per heavy atom. The molecule has 1 amide bonds. The van der Waals surface area contributed by atoms with Crippen LogP contribution in [0.1, 0.15) is 17.3 Å². The smallest absolute Gasteiger partial charge is 0.260 e. The average molecular weight is 274 g/mol. The van der Waals surface area contributed by atoms with Gasteiger partial charge in [-0.3, -0.25) is 4.79 Å². The van der Waals surface area contributed by atoms with Gasteiger partial charge in [-0.1, -0.05) is 6.07 Å². The first kappa shape index (κ1) is 13.9. The molecule has 0 heterocycles. The number of nitrogens with zero attached hydrogens (tertiary/aromatic N) is 1. The van der Waals surface area contributed by atoms with Crippen molar-refractivity contribution in [1.29, 1.82) is 0 Å². The van der Waals surface area contributed by atoms with Crippen LogP contribution in [0, 0.1) is 5.82 Å². The number of nitrogen functional groups attached to an aromatic ring is 1. The number of carbonyl (C=O) groups excluding carboxylic acids is 1. The molecular formula is C15H15FN2O2. The second-order valence-electron chi connectivity index (χ2n) is 4.30. The average Bonchev–Trinajstić information content (AvgIpc) is 2.42. The van der Waals surface area contributed by atoms with E-state index in [0.29, 0.717) is 12.2 Å². The number of benzene rings is 2. The first-order valence-corrected chi connectivity index (χ1v) is 6.19. The highest BCUT2D eigenvalue weighted by Gasteiger charge is 2.19. The minimum atomic E-state index is -0.419. The van der Waals surface area contributed by atoms with Crippen LogP contribution in [-0.2, 0) is 0 Å². The van der Waals surface area contributed by atoms with Gasteiger partial charge in [0.25, 0.3) is 5.91 Å². The Labute approximate surface area is 116 Å². The van der Waals surface area contributed by atoms with Crippen molar-refractivity contribution >= 4 is 17.3 Å². The molecule has 0 aromatic heterocycles. The van der Waals surface area contributed by atoms with Crippen LogP contribution in [0.5, 0.6) is 5.75 Å². The van der Waals surface area contributed by atoms with Gasteiger partial charge in [0.05, 0.1) is 5.56 Å². The van der Waals surface area contributed by atoms with Crippen LogP contribution in [0.15, 0.2) is 42.5 Å². The van der Waals surface area contributed by atoms with Crippen LogP contribution in [0.4, 0.5) is 15.8 Å². The third-order valence-corrected chi connectivity index (χ3v) is 2.95. The molecule has 0 fully saturated rings. The molecule has 0 atom stereocenters. The van der Waals surface area contributed by atoms with Crippen LogP contribution in [0.2, 0.25) is 0 Å². The molecule has 0 unspecified atom stereocenters. The minimum Gasteiger partial charge on any atom is -0.508 e. The highest BCUT2D eigenvalue weighted by atomic mass is 19.1. The van der Waals surface area contributed by atoms with E-state index in [1.807, 2.05) is 0 Å². The zero-order valence-electron chi connectivity index (χ0n) is 11.0. The van der Waals surface area contributed by atoms with Gasteiger partial charge in [0.2, 0.25) is 0 Å². The number of carbonyl (C=O) groups is 1. The van der Waals surface area contributed by atoms with Gasteiger partial charge in [0.1, 0.15) is 11.6 Å². The van der Waals surface area contributed by atoms with Crippen LogP contribution in [0.3, 0.4) is 0 Å². The zero-order valence-corrected chi connectivity index (χ0v) is 11.0. The summed E-state index contributed by atoms with van der Waals surface area (Å²) >= 11 is 0. The molecule has 0 aliphatic carbocycles. The van der Waals surface area contributed by atoms with E-state index in [9.17, 15) is 14.3 Å². The summed E-state index contributed by atoms with van der Waals surface area (Å²) in [5.41, 5.74) is 6.66. The number of hydrogen-bond acceptors (Lipinski definition) is 3. The fraction of sp³-hybridized carbons (Fsp3) is 0.133. The number of nitrogens with two attached hydrogens (primary N) is 1. The lowest BCUT2D eigenvalue weighted by atomic mass is 10.1. The van der Waals surface area contributed by atoms with Gasteiger partial charge in [0.15, 0.2) is 0 Å². The minimum absolute atomic E-state index is 0.0437. The Balaban J connectivity index is 2.41. The first-order chi connectivity index (χ1) is 9.52. The number of anilines is 2. The standard InChI is InChI=1S/C15H15FN2O2/c1-2-18(11-5-3-4-10(16)8-11)15(20)13-9-12(19)6-7-14(13)17/h3-9,19H,2,17H2,1H3. The number of aromatic hydroxyl groups is 1. The molecule has 3 N–H and O–H groups in total. The van der Waals surface area contributed by atoms with Gasteiger partial charge < -0.3 is 15.7 Å². The summed E-state index contributed by atoms with van der Waals surface area (Å²) in [5, 5.41) is 9.47. The molecule has 4 nitrogen and oxygen atoms in total. The molecule has 0 aliphatic rings. The van der Waals surface area contributed by atoms with Crippen molar-refractivity contribution in [3.63, 3.8) is 0 Å². The topological polar surface area (TPSA) is 66.6 Å². The van der Waals surface area contributed by atoms with Gasteiger partial charge >= 0.3 is 0 Å². The van der Waals surface area contributed by atoms with E-state index in [1.54, 1.807) is 13.0 Å². The molecule has 2 rings (SSSR count).